The molecule has 9 nitrogen and oxygen atoms in total. The molecule has 0 radical (unpaired) electrons. The molecule has 0 saturated heterocycles. The summed E-state index contributed by atoms with van der Waals surface area (Å²) in [4.78, 5) is 21.0. The Morgan fingerprint density at radius 2 is 1.92 bits per heavy atom. The van der Waals surface area contributed by atoms with Gasteiger partial charge in [-0.15, -0.1) is 0 Å². The standard InChI is InChI=1S/C15H14N2O7S/c1-2-23-15(18)16-11-6-5-7-12(10-11)24-25(21,22)14-9-4-3-8-13(14)17(19)20/h3-10H,2H2,1H3,(H,16,18). The Hall–Kier alpha value is -3.14. The highest BCUT2D eigenvalue weighted by molar-refractivity contribution is 7.87. The molecule has 2 aromatic rings. The van der Waals surface area contributed by atoms with Crippen LogP contribution in [0, 0.1) is 10.1 Å². The predicted octanol–water partition coefficient (Wildman–Crippen LogP) is 2.93. The number of para-hydroxylation sites is 1. The summed E-state index contributed by atoms with van der Waals surface area (Å²) >= 11 is 0. The molecule has 0 saturated carbocycles. The number of nitrogens with zero attached hydrogens (tertiary/aromatic N) is 1. The first-order valence-corrected chi connectivity index (χ1v) is 8.46. The zero-order valence-electron chi connectivity index (χ0n) is 13.0. The number of anilines is 1. The molecular formula is C15H14N2O7S. The molecule has 1 amide bonds. The van der Waals surface area contributed by atoms with E-state index in [0.717, 1.165) is 12.1 Å². The summed E-state index contributed by atoms with van der Waals surface area (Å²) in [6, 6.07) is 10.4. The fraction of sp³-hybridized carbons (Fsp3) is 0.133. The van der Waals surface area contributed by atoms with Crippen LogP contribution in [0.2, 0.25) is 0 Å². The van der Waals surface area contributed by atoms with Gasteiger partial charge in [0.1, 0.15) is 5.75 Å². The first-order chi connectivity index (χ1) is 11.8. The largest absolute Gasteiger partial charge is 0.450 e. The molecule has 0 aliphatic carbocycles. The monoisotopic (exact) mass is 366 g/mol. The molecule has 0 spiro atoms. The minimum absolute atomic E-state index is 0.118. The second kappa shape index (κ2) is 7.62. The van der Waals surface area contributed by atoms with E-state index in [0.29, 0.717) is 0 Å². The SMILES string of the molecule is CCOC(=O)Nc1cccc(OS(=O)(=O)c2ccccc2[N+](=O)[O-])c1. The van der Waals surface area contributed by atoms with Gasteiger partial charge >= 0.3 is 16.2 Å². The summed E-state index contributed by atoms with van der Waals surface area (Å²) < 4.78 is 34.3. The first kappa shape index (κ1) is 18.2. The van der Waals surface area contributed by atoms with Crippen LogP contribution in [0.3, 0.4) is 0 Å². The molecule has 0 bridgehead atoms. The van der Waals surface area contributed by atoms with Crippen molar-refractivity contribution in [2.75, 3.05) is 11.9 Å². The average molecular weight is 366 g/mol. The Labute approximate surface area is 143 Å². The van der Waals surface area contributed by atoms with E-state index >= 15 is 0 Å². The number of amides is 1. The van der Waals surface area contributed by atoms with Crippen molar-refractivity contribution < 1.29 is 27.1 Å². The number of benzene rings is 2. The smallest absolute Gasteiger partial charge is 0.411 e. The van der Waals surface area contributed by atoms with Crippen LogP contribution in [0.4, 0.5) is 16.2 Å². The van der Waals surface area contributed by atoms with Gasteiger partial charge in [0.05, 0.1) is 11.5 Å². The van der Waals surface area contributed by atoms with Crippen molar-refractivity contribution in [1.29, 1.82) is 0 Å². The van der Waals surface area contributed by atoms with Gasteiger partial charge < -0.3 is 8.92 Å². The Morgan fingerprint density at radius 1 is 1.20 bits per heavy atom. The molecule has 1 N–H and O–H groups in total. The van der Waals surface area contributed by atoms with Crippen molar-refractivity contribution in [2.24, 2.45) is 0 Å². The number of hydrogen-bond donors (Lipinski definition) is 1. The third kappa shape index (κ3) is 4.67. The number of ether oxygens (including phenoxy) is 1. The number of nitrogens with one attached hydrogen (secondary N) is 1. The zero-order valence-corrected chi connectivity index (χ0v) is 13.9. The minimum atomic E-state index is -4.43. The highest BCUT2D eigenvalue weighted by atomic mass is 32.2. The molecule has 0 atom stereocenters. The van der Waals surface area contributed by atoms with Crippen molar-refractivity contribution >= 4 is 27.6 Å². The molecule has 0 aliphatic heterocycles. The van der Waals surface area contributed by atoms with Gasteiger partial charge in [-0.2, -0.15) is 8.42 Å². The second-order valence-corrected chi connectivity index (χ2v) is 6.15. The van der Waals surface area contributed by atoms with Gasteiger partial charge in [0, 0.05) is 17.8 Å². The van der Waals surface area contributed by atoms with Crippen LogP contribution in [-0.4, -0.2) is 26.0 Å². The molecule has 132 valence electrons. The van der Waals surface area contributed by atoms with Gasteiger partial charge in [-0.25, -0.2) is 4.79 Å². The topological polar surface area (TPSA) is 125 Å². The van der Waals surface area contributed by atoms with Crippen LogP contribution >= 0.6 is 0 Å². The molecule has 2 rings (SSSR count). The summed E-state index contributed by atoms with van der Waals surface area (Å²) in [6.45, 7) is 1.81. The van der Waals surface area contributed by atoms with Gasteiger partial charge in [0.15, 0.2) is 4.90 Å². The molecule has 10 heteroatoms. The third-order valence-electron chi connectivity index (χ3n) is 2.89. The molecule has 0 aliphatic rings. The Balaban J connectivity index is 2.27. The number of nitro groups is 1. The first-order valence-electron chi connectivity index (χ1n) is 7.05. The summed E-state index contributed by atoms with van der Waals surface area (Å²) in [5, 5.41) is 13.4. The van der Waals surface area contributed by atoms with Crippen molar-refractivity contribution in [3.63, 3.8) is 0 Å². The maximum absolute atomic E-state index is 12.3. The van der Waals surface area contributed by atoms with Gasteiger partial charge in [-0.05, 0) is 25.1 Å². The van der Waals surface area contributed by atoms with E-state index < -0.39 is 31.7 Å². The Kier molecular flexibility index (Phi) is 5.55. The van der Waals surface area contributed by atoms with Gasteiger partial charge in [0.2, 0.25) is 0 Å². The maximum atomic E-state index is 12.3. The highest BCUT2D eigenvalue weighted by Gasteiger charge is 2.27. The van der Waals surface area contributed by atoms with E-state index in [-0.39, 0.29) is 18.0 Å². The minimum Gasteiger partial charge on any atom is -0.450 e. The van der Waals surface area contributed by atoms with Crippen molar-refractivity contribution in [3.05, 3.63) is 58.6 Å². The van der Waals surface area contributed by atoms with Crippen molar-refractivity contribution in [2.45, 2.75) is 11.8 Å². The number of carbonyl (C=O) groups is 1. The van der Waals surface area contributed by atoms with Crippen LogP contribution in [0.1, 0.15) is 6.92 Å². The second-order valence-electron chi connectivity index (χ2n) is 4.64. The lowest BCUT2D eigenvalue weighted by Gasteiger charge is -2.09. The van der Waals surface area contributed by atoms with Crippen molar-refractivity contribution in [1.82, 2.24) is 0 Å². The predicted molar refractivity (Wildman–Crippen MR) is 88.0 cm³/mol. The van der Waals surface area contributed by atoms with Gasteiger partial charge in [0.25, 0.3) is 5.69 Å². The van der Waals surface area contributed by atoms with E-state index in [9.17, 15) is 23.3 Å². The number of rotatable bonds is 6. The van der Waals surface area contributed by atoms with E-state index in [1.54, 1.807) is 6.92 Å². The highest BCUT2D eigenvalue weighted by Crippen LogP contribution is 2.27. The van der Waals surface area contributed by atoms with Crippen molar-refractivity contribution in [3.8, 4) is 5.75 Å². The van der Waals surface area contributed by atoms with E-state index in [1.807, 2.05) is 0 Å². The lowest BCUT2D eigenvalue weighted by Crippen LogP contribution is -2.14. The van der Waals surface area contributed by atoms with E-state index in [2.05, 4.69) is 5.32 Å². The summed E-state index contributed by atoms with van der Waals surface area (Å²) in [6.07, 6.45) is -0.707. The van der Waals surface area contributed by atoms with E-state index in [1.165, 1.54) is 36.4 Å². The maximum Gasteiger partial charge on any atom is 0.411 e. The van der Waals surface area contributed by atoms with Crippen LogP contribution in [0.5, 0.6) is 5.75 Å². The lowest BCUT2D eigenvalue weighted by atomic mass is 10.3. The summed E-state index contributed by atoms with van der Waals surface area (Å²) in [7, 11) is -4.43. The molecule has 0 heterocycles. The molecule has 0 unspecified atom stereocenters. The van der Waals surface area contributed by atoms with Gasteiger partial charge in [-0.1, -0.05) is 18.2 Å². The van der Waals surface area contributed by atoms with Crippen LogP contribution < -0.4 is 9.50 Å². The molecule has 25 heavy (non-hydrogen) atoms. The lowest BCUT2D eigenvalue weighted by molar-refractivity contribution is -0.387. The fourth-order valence-corrected chi connectivity index (χ4v) is 2.99. The molecule has 2 aromatic carbocycles. The number of carbonyl (C=O) groups excluding carboxylic acids is 1. The van der Waals surface area contributed by atoms with E-state index in [4.69, 9.17) is 8.92 Å². The van der Waals surface area contributed by atoms with Crippen LogP contribution in [0.15, 0.2) is 53.4 Å². The third-order valence-corrected chi connectivity index (χ3v) is 4.19. The molecule has 0 aromatic heterocycles. The van der Waals surface area contributed by atoms with Crippen LogP contribution in [0.25, 0.3) is 0 Å². The average Bonchev–Trinajstić information content (AvgIpc) is 2.55. The normalized spacial score (nSPS) is 10.8. The Morgan fingerprint density at radius 3 is 2.60 bits per heavy atom. The Bertz CT molecular complexity index is 896. The molecular weight excluding hydrogens is 352 g/mol. The zero-order chi connectivity index (χ0) is 18.4. The number of nitro benzene ring substituents is 1. The summed E-state index contributed by atoms with van der Waals surface area (Å²) in [5.74, 6) is -0.118. The number of hydrogen-bond acceptors (Lipinski definition) is 7. The summed E-state index contributed by atoms with van der Waals surface area (Å²) in [5.41, 5.74) is -0.350. The van der Waals surface area contributed by atoms with Crippen LogP contribution in [-0.2, 0) is 14.9 Å². The molecule has 0 fully saturated rings. The fourth-order valence-electron chi connectivity index (χ4n) is 1.90. The van der Waals surface area contributed by atoms with Gasteiger partial charge in [-0.3, -0.25) is 15.4 Å². The quantitative estimate of drug-likeness (QED) is 0.473.